The summed E-state index contributed by atoms with van der Waals surface area (Å²) in [5.74, 6) is 0. The molecule has 0 saturated carbocycles. The first-order chi connectivity index (χ1) is 37.7. The number of rotatable bonds is 7. The quantitative estimate of drug-likeness (QED) is 0.147. The lowest BCUT2D eigenvalue weighted by molar-refractivity contribution is 1.25. The number of para-hydroxylation sites is 2. The molecule has 2 aliphatic heterocycles. The molecule has 0 bridgehead atoms. The average Bonchev–Trinajstić information content (AvgIpc) is 4.05. The summed E-state index contributed by atoms with van der Waals surface area (Å²) in [6.45, 7) is -0.0813. The van der Waals surface area contributed by atoms with Gasteiger partial charge in [0.25, 0.3) is 6.71 Å². The summed E-state index contributed by atoms with van der Waals surface area (Å²) in [5.41, 5.74) is 26.4. The third kappa shape index (κ3) is 6.50. The van der Waals surface area contributed by atoms with Gasteiger partial charge in [-0.15, -0.1) is 0 Å². The molecule has 0 atom stereocenters. The lowest BCUT2D eigenvalue weighted by Gasteiger charge is -2.44. The number of benzene rings is 12. The molecule has 0 aliphatic carbocycles. The van der Waals surface area contributed by atoms with Gasteiger partial charge in [0.05, 0.1) is 16.6 Å². The molecule has 4 heterocycles. The normalized spacial score (nSPS) is 12.7. The summed E-state index contributed by atoms with van der Waals surface area (Å²) in [4.78, 5) is 5.10. The Labute approximate surface area is 441 Å². The van der Waals surface area contributed by atoms with Crippen molar-refractivity contribution in [3.63, 3.8) is 0 Å². The van der Waals surface area contributed by atoms with E-state index >= 15 is 0 Å². The molecule has 3 nitrogen and oxygen atoms in total. The zero-order chi connectivity index (χ0) is 49.8. The molecule has 0 amide bonds. The molecule has 0 saturated heterocycles. The van der Waals surface area contributed by atoms with E-state index in [9.17, 15) is 0 Å². The lowest BCUT2D eigenvalue weighted by atomic mass is 9.33. The Morgan fingerprint density at radius 3 is 1.14 bits per heavy atom. The molecule has 0 fully saturated rings. The van der Waals surface area contributed by atoms with E-state index in [1.165, 1.54) is 127 Å². The van der Waals surface area contributed by atoms with Gasteiger partial charge in [-0.3, -0.25) is 0 Å². The van der Waals surface area contributed by atoms with Crippen LogP contribution in [0.15, 0.2) is 279 Å². The molecule has 2 aliphatic rings. The second-order valence-corrected chi connectivity index (χ2v) is 20.4. The molecule has 0 radical (unpaired) electrons. The van der Waals surface area contributed by atoms with Crippen molar-refractivity contribution in [2.75, 3.05) is 9.80 Å². The number of hydrogen-bond donors (Lipinski definition) is 0. The van der Waals surface area contributed by atoms with Crippen LogP contribution >= 0.6 is 0 Å². The number of hydrogen-bond acceptors (Lipinski definition) is 2. The number of nitrogens with zero attached hydrogens (tertiary/aromatic N) is 3. The van der Waals surface area contributed by atoms with Gasteiger partial charge in [-0.25, -0.2) is 0 Å². The first-order valence-electron chi connectivity index (χ1n) is 26.4. The van der Waals surface area contributed by atoms with Gasteiger partial charge in [0.2, 0.25) is 0 Å². The molecule has 12 aromatic carbocycles. The number of anilines is 6. The van der Waals surface area contributed by atoms with Crippen molar-refractivity contribution < 1.29 is 0 Å². The van der Waals surface area contributed by atoms with Crippen LogP contribution in [0.1, 0.15) is 0 Å². The van der Waals surface area contributed by atoms with Gasteiger partial charge in [-0.1, -0.05) is 206 Å². The zero-order valence-electron chi connectivity index (χ0n) is 41.5. The van der Waals surface area contributed by atoms with Crippen LogP contribution in [-0.2, 0) is 0 Å². The summed E-state index contributed by atoms with van der Waals surface area (Å²) in [5, 5.41) is 5.10. The summed E-state index contributed by atoms with van der Waals surface area (Å²) in [6.07, 6.45) is 0. The maximum absolute atomic E-state index is 2.57. The van der Waals surface area contributed by atoms with Crippen molar-refractivity contribution in [3.8, 4) is 55.6 Å². The van der Waals surface area contributed by atoms with Crippen molar-refractivity contribution in [2.45, 2.75) is 0 Å². The summed E-state index contributed by atoms with van der Waals surface area (Å²) < 4.78 is 2.47. The van der Waals surface area contributed by atoms with Crippen molar-refractivity contribution in [3.05, 3.63) is 279 Å². The Balaban J connectivity index is 0.979. The highest BCUT2D eigenvalue weighted by Gasteiger charge is 2.44. The monoisotopic (exact) mass is 963 g/mol. The third-order valence-corrected chi connectivity index (χ3v) is 16.3. The first-order valence-corrected chi connectivity index (χ1v) is 26.4. The van der Waals surface area contributed by atoms with E-state index in [-0.39, 0.29) is 6.71 Å². The molecule has 0 unspecified atom stereocenters. The van der Waals surface area contributed by atoms with Crippen molar-refractivity contribution in [1.82, 2.24) is 4.40 Å². The van der Waals surface area contributed by atoms with E-state index in [0.717, 1.165) is 16.9 Å². The number of aromatic nitrogens is 1. The topological polar surface area (TPSA) is 10.9 Å². The molecular weight excluding hydrogens is 918 g/mol. The minimum atomic E-state index is -0.0813. The van der Waals surface area contributed by atoms with Crippen LogP contribution in [-0.4, -0.2) is 11.1 Å². The molecule has 14 aromatic rings. The molecule has 0 spiro atoms. The Bertz CT molecular complexity index is 4470. The summed E-state index contributed by atoms with van der Waals surface area (Å²) >= 11 is 0. The molecular formula is C72H46BN3. The highest BCUT2D eigenvalue weighted by atomic mass is 15.2. The average molecular weight is 964 g/mol. The lowest BCUT2D eigenvalue weighted by Crippen LogP contribution is -2.61. The van der Waals surface area contributed by atoms with Gasteiger partial charge in [-0.2, -0.15) is 0 Å². The van der Waals surface area contributed by atoms with Crippen LogP contribution in [0, 0.1) is 0 Å². The fourth-order valence-electron chi connectivity index (χ4n) is 12.8. The van der Waals surface area contributed by atoms with Crippen LogP contribution in [0.25, 0.3) is 93.7 Å². The fraction of sp³-hybridized carbons (Fsp3) is 0. The maximum atomic E-state index is 2.57. The zero-order valence-corrected chi connectivity index (χ0v) is 41.5. The van der Waals surface area contributed by atoms with E-state index < -0.39 is 0 Å². The molecule has 2 aromatic heterocycles. The number of fused-ring (bicyclic) bond motifs is 10. The Hall–Kier alpha value is -9.90. The van der Waals surface area contributed by atoms with E-state index in [0.29, 0.717) is 0 Å². The van der Waals surface area contributed by atoms with Crippen molar-refractivity contribution in [2.24, 2.45) is 0 Å². The molecule has 352 valence electrons. The molecule has 16 rings (SSSR count). The standard InChI is InChI=1S/C72H46BN3/c1-5-17-47(18-6-1)51-29-35-57(36-30-51)74-67-40-34-53(49-21-9-3-10-22-49)43-64(67)73-63-39-33-54(55-41-61-59-25-13-15-27-65(59)76-66-28-16-14-26-60(66)62(42-55)72(61)76)44-68(63)75(58-37-31-52(32-38-58)48-19-7-2-8-20-48)70-46-56(45-69(74)71(70)73)50-23-11-4-12-24-50/h1-46H. The third-order valence-electron chi connectivity index (χ3n) is 16.3. The molecule has 4 heteroatoms. The fourth-order valence-corrected chi connectivity index (χ4v) is 12.8. The van der Waals surface area contributed by atoms with Crippen LogP contribution < -0.4 is 26.2 Å². The van der Waals surface area contributed by atoms with Gasteiger partial charge >= 0.3 is 0 Å². The second kappa shape index (κ2) is 16.8. The van der Waals surface area contributed by atoms with Gasteiger partial charge in [0.1, 0.15) is 0 Å². The predicted octanol–water partition coefficient (Wildman–Crippen LogP) is 17.3. The van der Waals surface area contributed by atoms with Gasteiger partial charge in [0, 0.05) is 55.7 Å². The van der Waals surface area contributed by atoms with E-state index in [1.54, 1.807) is 0 Å². The Kier molecular flexibility index (Phi) is 9.43. The molecule has 76 heavy (non-hydrogen) atoms. The minimum Gasteiger partial charge on any atom is -0.311 e. The van der Waals surface area contributed by atoms with E-state index in [4.69, 9.17) is 0 Å². The van der Waals surface area contributed by atoms with Gasteiger partial charge in [-0.05, 0) is 145 Å². The van der Waals surface area contributed by atoms with Gasteiger partial charge in [0.15, 0.2) is 0 Å². The minimum absolute atomic E-state index is 0.0813. The van der Waals surface area contributed by atoms with Crippen LogP contribution in [0.5, 0.6) is 0 Å². The molecule has 0 N–H and O–H groups in total. The summed E-state index contributed by atoms with van der Waals surface area (Å²) in [7, 11) is 0. The summed E-state index contributed by atoms with van der Waals surface area (Å²) in [6, 6.07) is 104. The highest BCUT2D eigenvalue weighted by Crippen LogP contribution is 2.49. The van der Waals surface area contributed by atoms with Crippen LogP contribution in [0.3, 0.4) is 0 Å². The Morgan fingerprint density at radius 2 is 0.618 bits per heavy atom. The first kappa shape index (κ1) is 42.6. The second-order valence-electron chi connectivity index (χ2n) is 20.4. The SMILES string of the molecule is c1ccc(-c2ccc(N3c4ccc(-c5ccccc5)cc4B4c5ccc(-c6cc7c8ccccc8n8c9ccccc9c(c6)c78)cc5N(c5ccc(-c6ccccc6)cc5)c5cc(-c6ccccc6)cc3c54)cc2)cc1. The van der Waals surface area contributed by atoms with E-state index in [1.807, 2.05) is 0 Å². The van der Waals surface area contributed by atoms with Crippen molar-refractivity contribution >= 4 is 95.3 Å². The maximum Gasteiger partial charge on any atom is 0.252 e. The Morgan fingerprint density at radius 1 is 0.237 bits per heavy atom. The highest BCUT2D eigenvalue weighted by molar-refractivity contribution is 7.00. The van der Waals surface area contributed by atoms with Crippen LogP contribution in [0.4, 0.5) is 34.1 Å². The predicted molar refractivity (Wildman–Crippen MR) is 322 cm³/mol. The smallest absolute Gasteiger partial charge is 0.252 e. The van der Waals surface area contributed by atoms with Crippen LogP contribution in [0.2, 0.25) is 0 Å². The largest absolute Gasteiger partial charge is 0.311 e. The van der Waals surface area contributed by atoms with Crippen molar-refractivity contribution in [1.29, 1.82) is 0 Å². The van der Waals surface area contributed by atoms with Gasteiger partial charge < -0.3 is 14.2 Å². The van der Waals surface area contributed by atoms with E-state index in [2.05, 4.69) is 293 Å².